The van der Waals surface area contributed by atoms with E-state index in [9.17, 15) is 0 Å². The predicted octanol–water partition coefficient (Wildman–Crippen LogP) is -0.552. The molecule has 3 nitrogen and oxygen atoms in total. The average Bonchev–Trinajstić information content (AvgIpc) is 2.12. The summed E-state index contributed by atoms with van der Waals surface area (Å²) in [6.07, 6.45) is 1.42. The van der Waals surface area contributed by atoms with Gasteiger partial charge in [-0.05, 0) is 26.3 Å². The maximum atomic E-state index is 9.07. The minimum atomic E-state index is -0.273. The fraction of sp³-hybridized carbons (Fsp3) is 1.00. The van der Waals surface area contributed by atoms with Gasteiger partial charge in [0.1, 0.15) is 0 Å². The van der Waals surface area contributed by atoms with Gasteiger partial charge in [-0.2, -0.15) is 0 Å². The van der Waals surface area contributed by atoms with Gasteiger partial charge in [-0.3, -0.25) is 0 Å². The van der Waals surface area contributed by atoms with Crippen molar-refractivity contribution in [1.82, 2.24) is 5.32 Å². The number of nitrogens with one attached hydrogen (secondary N) is 1. The van der Waals surface area contributed by atoms with Crippen molar-refractivity contribution in [1.29, 1.82) is 0 Å². The summed E-state index contributed by atoms with van der Waals surface area (Å²) in [5.74, 6) is 0. The van der Waals surface area contributed by atoms with Crippen molar-refractivity contribution >= 4 is 0 Å². The normalized spacial score (nSPS) is 36.3. The van der Waals surface area contributed by atoms with Crippen LogP contribution in [0.5, 0.6) is 0 Å². The van der Waals surface area contributed by atoms with Crippen LogP contribution < -0.4 is 11.1 Å². The standard InChI is InChI=1S/C7H16N2O/c1-6(10)4-7(8)2-3-9-5-7/h6,9-10H,2-5,8H2,1H3. The molecule has 1 heterocycles. The Morgan fingerprint density at radius 1 is 1.80 bits per heavy atom. The van der Waals surface area contributed by atoms with E-state index in [1.165, 1.54) is 0 Å². The summed E-state index contributed by atoms with van der Waals surface area (Å²) in [6.45, 7) is 3.62. The Bertz CT molecular complexity index is 108. The van der Waals surface area contributed by atoms with Gasteiger partial charge >= 0.3 is 0 Å². The molecule has 60 valence electrons. The first kappa shape index (κ1) is 7.98. The molecule has 0 saturated carbocycles. The zero-order valence-corrected chi connectivity index (χ0v) is 6.43. The summed E-state index contributed by atoms with van der Waals surface area (Å²) in [5, 5.41) is 12.3. The Morgan fingerprint density at radius 2 is 2.50 bits per heavy atom. The van der Waals surface area contributed by atoms with Gasteiger partial charge in [0.2, 0.25) is 0 Å². The third-order valence-electron chi connectivity index (χ3n) is 1.98. The summed E-state index contributed by atoms with van der Waals surface area (Å²) in [7, 11) is 0. The molecule has 0 aliphatic carbocycles. The summed E-state index contributed by atoms with van der Waals surface area (Å²) >= 11 is 0. The van der Waals surface area contributed by atoms with Crippen LogP contribution in [-0.4, -0.2) is 29.8 Å². The molecular formula is C7H16N2O. The lowest BCUT2D eigenvalue weighted by molar-refractivity contribution is 0.153. The highest BCUT2D eigenvalue weighted by Crippen LogP contribution is 2.16. The zero-order valence-electron chi connectivity index (χ0n) is 6.43. The Kier molecular flexibility index (Phi) is 2.28. The maximum Gasteiger partial charge on any atom is 0.0530 e. The molecule has 1 fully saturated rings. The molecule has 0 aromatic carbocycles. The summed E-state index contributed by atoms with van der Waals surface area (Å²) < 4.78 is 0. The van der Waals surface area contributed by atoms with Gasteiger partial charge in [-0.25, -0.2) is 0 Å². The molecule has 1 rings (SSSR count). The molecule has 0 spiro atoms. The van der Waals surface area contributed by atoms with Crippen LogP contribution in [0.2, 0.25) is 0 Å². The van der Waals surface area contributed by atoms with Gasteiger partial charge in [-0.15, -0.1) is 0 Å². The van der Waals surface area contributed by atoms with E-state index in [2.05, 4.69) is 5.32 Å². The van der Waals surface area contributed by atoms with E-state index in [1.807, 2.05) is 0 Å². The first-order valence-electron chi connectivity index (χ1n) is 3.80. The number of nitrogens with two attached hydrogens (primary N) is 1. The van der Waals surface area contributed by atoms with Crippen LogP contribution in [0.3, 0.4) is 0 Å². The highest BCUT2D eigenvalue weighted by Gasteiger charge is 2.29. The zero-order chi connectivity index (χ0) is 7.61. The summed E-state index contributed by atoms with van der Waals surface area (Å²) in [4.78, 5) is 0. The van der Waals surface area contributed by atoms with Crippen molar-refractivity contribution in [2.75, 3.05) is 13.1 Å². The number of aliphatic hydroxyl groups excluding tert-OH is 1. The lowest BCUT2D eigenvalue weighted by Crippen LogP contribution is -2.44. The van der Waals surface area contributed by atoms with Crippen LogP contribution >= 0.6 is 0 Å². The molecule has 2 unspecified atom stereocenters. The Labute approximate surface area is 61.6 Å². The molecule has 2 atom stereocenters. The molecule has 0 aromatic rings. The molecule has 10 heavy (non-hydrogen) atoms. The maximum absolute atomic E-state index is 9.07. The van der Waals surface area contributed by atoms with Gasteiger partial charge in [0.25, 0.3) is 0 Å². The first-order chi connectivity index (χ1) is 4.62. The first-order valence-corrected chi connectivity index (χ1v) is 3.80. The van der Waals surface area contributed by atoms with Gasteiger partial charge in [-0.1, -0.05) is 0 Å². The molecule has 4 N–H and O–H groups in total. The molecule has 0 radical (unpaired) electrons. The minimum absolute atomic E-state index is 0.145. The van der Waals surface area contributed by atoms with E-state index in [1.54, 1.807) is 6.92 Å². The van der Waals surface area contributed by atoms with E-state index in [0.29, 0.717) is 6.42 Å². The topological polar surface area (TPSA) is 58.3 Å². The van der Waals surface area contributed by atoms with Crippen molar-refractivity contribution < 1.29 is 5.11 Å². The molecule has 0 aromatic heterocycles. The molecule has 0 amide bonds. The van der Waals surface area contributed by atoms with Gasteiger partial charge < -0.3 is 16.2 Å². The van der Waals surface area contributed by atoms with Gasteiger partial charge in [0.15, 0.2) is 0 Å². The molecule has 1 saturated heterocycles. The van der Waals surface area contributed by atoms with Crippen LogP contribution in [0.4, 0.5) is 0 Å². The van der Waals surface area contributed by atoms with Crippen LogP contribution in [-0.2, 0) is 0 Å². The van der Waals surface area contributed by atoms with Crippen LogP contribution in [0, 0.1) is 0 Å². The molecule has 1 aliphatic rings. The largest absolute Gasteiger partial charge is 0.393 e. The van der Waals surface area contributed by atoms with Crippen LogP contribution in [0.1, 0.15) is 19.8 Å². The lowest BCUT2D eigenvalue weighted by atomic mass is 9.93. The second-order valence-corrected chi connectivity index (χ2v) is 3.34. The van der Waals surface area contributed by atoms with Crippen LogP contribution in [0.25, 0.3) is 0 Å². The fourth-order valence-corrected chi connectivity index (χ4v) is 1.53. The summed E-state index contributed by atoms with van der Waals surface area (Å²) in [5.41, 5.74) is 5.79. The van der Waals surface area contributed by atoms with E-state index < -0.39 is 0 Å². The SMILES string of the molecule is CC(O)CC1(N)CCNC1. The molecule has 3 heteroatoms. The number of hydrogen-bond donors (Lipinski definition) is 3. The summed E-state index contributed by atoms with van der Waals surface area (Å²) in [6, 6.07) is 0. The number of rotatable bonds is 2. The van der Waals surface area contributed by atoms with Crippen molar-refractivity contribution in [3.8, 4) is 0 Å². The van der Waals surface area contributed by atoms with E-state index >= 15 is 0 Å². The van der Waals surface area contributed by atoms with E-state index in [4.69, 9.17) is 10.8 Å². The third kappa shape index (κ3) is 1.94. The highest BCUT2D eigenvalue weighted by atomic mass is 16.3. The Balaban J connectivity index is 2.36. The molecule has 0 bridgehead atoms. The monoisotopic (exact) mass is 144 g/mol. The van der Waals surface area contributed by atoms with E-state index in [0.717, 1.165) is 19.5 Å². The quantitative estimate of drug-likeness (QED) is 0.487. The van der Waals surface area contributed by atoms with Crippen LogP contribution in [0.15, 0.2) is 0 Å². The van der Waals surface area contributed by atoms with Crippen molar-refractivity contribution in [3.63, 3.8) is 0 Å². The minimum Gasteiger partial charge on any atom is -0.393 e. The Hall–Kier alpha value is -0.120. The smallest absolute Gasteiger partial charge is 0.0530 e. The van der Waals surface area contributed by atoms with Gasteiger partial charge in [0, 0.05) is 12.1 Å². The fourth-order valence-electron chi connectivity index (χ4n) is 1.53. The third-order valence-corrected chi connectivity index (χ3v) is 1.98. The van der Waals surface area contributed by atoms with Crippen molar-refractivity contribution in [3.05, 3.63) is 0 Å². The number of aliphatic hydroxyl groups is 1. The second-order valence-electron chi connectivity index (χ2n) is 3.34. The molecular weight excluding hydrogens is 128 g/mol. The average molecular weight is 144 g/mol. The van der Waals surface area contributed by atoms with E-state index in [-0.39, 0.29) is 11.6 Å². The Morgan fingerprint density at radius 3 is 2.90 bits per heavy atom. The lowest BCUT2D eigenvalue weighted by Gasteiger charge is -2.23. The second kappa shape index (κ2) is 2.86. The van der Waals surface area contributed by atoms with Gasteiger partial charge in [0.05, 0.1) is 6.10 Å². The number of hydrogen-bond acceptors (Lipinski definition) is 3. The van der Waals surface area contributed by atoms with Crippen molar-refractivity contribution in [2.45, 2.75) is 31.4 Å². The predicted molar refractivity (Wildman–Crippen MR) is 40.7 cm³/mol. The molecule has 1 aliphatic heterocycles. The van der Waals surface area contributed by atoms with Crippen molar-refractivity contribution in [2.24, 2.45) is 5.73 Å². The highest BCUT2D eigenvalue weighted by molar-refractivity contribution is 4.93.